The molecule has 0 spiro atoms. The summed E-state index contributed by atoms with van der Waals surface area (Å²) in [7, 11) is 0. The molecule has 0 N–H and O–H groups in total. The van der Waals surface area contributed by atoms with Gasteiger partial charge < -0.3 is 9.84 Å². The molecule has 0 aromatic heterocycles. The fourth-order valence-electron chi connectivity index (χ4n) is 1.84. The Hall–Kier alpha value is -1.69. The molecule has 0 saturated carbocycles. The van der Waals surface area contributed by atoms with Gasteiger partial charge in [-0.2, -0.15) is 0 Å². The summed E-state index contributed by atoms with van der Waals surface area (Å²) in [5.41, 5.74) is 1.43. The Bertz CT molecular complexity index is 569. The van der Waals surface area contributed by atoms with Crippen molar-refractivity contribution in [1.29, 1.82) is 0 Å². The first-order chi connectivity index (χ1) is 8.34. The molecule has 1 aliphatic heterocycles. The largest absolute Gasteiger partial charge is 1.00 e. The zero-order valence-corrected chi connectivity index (χ0v) is 10.0. The summed E-state index contributed by atoms with van der Waals surface area (Å²) < 4.78 is 5.69. The molecule has 0 amide bonds. The van der Waals surface area contributed by atoms with Crippen molar-refractivity contribution in [2.24, 2.45) is 4.99 Å². The van der Waals surface area contributed by atoms with E-state index in [1.165, 1.54) is 0 Å². The normalized spacial score (nSPS) is 16.9. The van der Waals surface area contributed by atoms with E-state index in [-0.39, 0.29) is 24.8 Å². The van der Waals surface area contributed by atoms with Crippen molar-refractivity contribution < 1.29 is 28.7 Å². The number of rotatable bonds is 1. The molecule has 2 aromatic rings. The summed E-state index contributed by atoms with van der Waals surface area (Å²) in [5.74, 6) is 0.399. The van der Waals surface area contributed by atoms with Crippen molar-refractivity contribution in [3.8, 4) is 5.75 Å². The van der Waals surface area contributed by atoms with Gasteiger partial charge in [-0.05, 0) is 17.7 Å². The Kier molecular flexibility index (Phi) is 3.76. The second kappa shape index (κ2) is 5.30. The second-order valence-electron chi connectivity index (χ2n) is 3.83. The van der Waals surface area contributed by atoms with Gasteiger partial charge in [0.25, 0.3) is 0 Å². The second-order valence-corrected chi connectivity index (χ2v) is 3.83. The number of benzene rings is 2. The van der Waals surface area contributed by atoms with Crippen LogP contribution in [0.2, 0.25) is 0 Å². The Labute approximate surface area is 117 Å². The van der Waals surface area contributed by atoms with Crippen LogP contribution in [0.4, 0.5) is 5.69 Å². The number of aliphatic imine (C=N–C) groups is 1. The standard InChI is InChI=1S/C14H11NO2.Li/c16-14-13(10-6-2-1-3-7-10)17-12-9-5-4-8-11(12)15-14;/h1-9,13H,(H,15,16);/q;+1/p-1. The molecule has 3 nitrogen and oxygen atoms in total. The number of ether oxygens (including phenoxy) is 1. The van der Waals surface area contributed by atoms with Crippen LogP contribution in [-0.2, 0) is 0 Å². The fourth-order valence-corrected chi connectivity index (χ4v) is 1.84. The molecule has 1 atom stereocenters. The average Bonchev–Trinajstić information content (AvgIpc) is 2.39. The molecule has 84 valence electrons. The van der Waals surface area contributed by atoms with Gasteiger partial charge in [0.15, 0.2) is 6.10 Å². The van der Waals surface area contributed by atoms with E-state index in [1.54, 1.807) is 6.07 Å². The zero-order chi connectivity index (χ0) is 11.7. The quantitative estimate of drug-likeness (QED) is 0.604. The number of nitrogens with zero attached hydrogens (tertiary/aromatic N) is 1. The summed E-state index contributed by atoms with van der Waals surface area (Å²) in [6.07, 6.45) is -0.619. The molecule has 4 heteroatoms. The smallest absolute Gasteiger partial charge is 0.859 e. The molecular formula is C14H10LiNO2. The average molecular weight is 231 g/mol. The maximum Gasteiger partial charge on any atom is 1.00 e. The molecule has 3 rings (SSSR count). The SMILES string of the molecule is [Li+].[O-]C1=Nc2ccccc2OC1c1ccccc1. The van der Waals surface area contributed by atoms with Crippen molar-refractivity contribution in [3.05, 3.63) is 60.2 Å². The Balaban J connectivity index is 0.00000120. The molecule has 2 aromatic carbocycles. The number of fused-ring (bicyclic) bond motifs is 1. The van der Waals surface area contributed by atoms with Gasteiger partial charge in [-0.3, -0.25) is 4.99 Å². The number of hydrogen-bond donors (Lipinski definition) is 0. The summed E-state index contributed by atoms with van der Waals surface area (Å²) in [6, 6.07) is 16.7. The maximum atomic E-state index is 11.9. The van der Waals surface area contributed by atoms with Crippen molar-refractivity contribution >= 4 is 11.6 Å². The molecule has 0 radical (unpaired) electrons. The Morgan fingerprint density at radius 2 is 1.61 bits per heavy atom. The van der Waals surface area contributed by atoms with Gasteiger partial charge in [-0.15, -0.1) is 0 Å². The topological polar surface area (TPSA) is 44.7 Å². The fraction of sp³-hybridized carbons (Fsp3) is 0.0714. The molecule has 1 unspecified atom stereocenters. The van der Waals surface area contributed by atoms with Crippen LogP contribution in [0.5, 0.6) is 5.75 Å². The monoisotopic (exact) mass is 231 g/mol. The van der Waals surface area contributed by atoms with E-state index in [0.717, 1.165) is 5.56 Å². The van der Waals surface area contributed by atoms with E-state index in [4.69, 9.17) is 4.74 Å². The summed E-state index contributed by atoms with van der Waals surface area (Å²) in [4.78, 5) is 4.04. The van der Waals surface area contributed by atoms with Crippen LogP contribution in [-0.4, -0.2) is 5.90 Å². The summed E-state index contributed by atoms with van der Waals surface area (Å²) in [5, 5.41) is 11.9. The summed E-state index contributed by atoms with van der Waals surface area (Å²) >= 11 is 0. The minimum absolute atomic E-state index is 0. The molecule has 1 heterocycles. The van der Waals surface area contributed by atoms with Gasteiger partial charge in [0.1, 0.15) is 11.4 Å². The van der Waals surface area contributed by atoms with E-state index in [1.807, 2.05) is 48.5 Å². The first kappa shape index (κ1) is 12.8. The minimum atomic E-state index is -0.619. The minimum Gasteiger partial charge on any atom is -0.859 e. The third kappa shape index (κ3) is 2.28. The first-order valence-electron chi connectivity index (χ1n) is 5.41. The van der Waals surface area contributed by atoms with Gasteiger partial charge in [0.05, 0.1) is 0 Å². The molecule has 0 saturated heterocycles. The third-order valence-electron chi connectivity index (χ3n) is 2.67. The van der Waals surface area contributed by atoms with Crippen LogP contribution in [0, 0.1) is 0 Å². The number of para-hydroxylation sites is 2. The molecule has 0 fully saturated rings. The van der Waals surface area contributed by atoms with Crippen LogP contribution in [0.25, 0.3) is 0 Å². The predicted octanol–water partition coefficient (Wildman–Crippen LogP) is -0.785. The van der Waals surface area contributed by atoms with Crippen LogP contribution < -0.4 is 28.7 Å². The first-order valence-corrected chi connectivity index (χ1v) is 5.41. The Morgan fingerprint density at radius 3 is 2.39 bits per heavy atom. The van der Waals surface area contributed by atoms with E-state index in [9.17, 15) is 5.11 Å². The number of hydrogen-bond acceptors (Lipinski definition) is 3. The summed E-state index contributed by atoms with van der Waals surface area (Å²) in [6.45, 7) is 0. The van der Waals surface area contributed by atoms with E-state index >= 15 is 0 Å². The van der Waals surface area contributed by atoms with Crippen LogP contribution in [0.15, 0.2) is 59.6 Å². The van der Waals surface area contributed by atoms with Crippen LogP contribution in [0.3, 0.4) is 0 Å². The van der Waals surface area contributed by atoms with Gasteiger partial charge in [0, 0.05) is 5.90 Å². The van der Waals surface area contributed by atoms with Gasteiger partial charge >= 0.3 is 18.9 Å². The molecule has 0 aliphatic carbocycles. The van der Waals surface area contributed by atoms with E-state index in [0.29, 0.717) is 11.4 Å². The van der Waals surface area contributed by atoms with Gasteiger partial charge in [-0.25, -0.2) is 0 Å². The Morgan fingerprint density at radius 1 is 0.944 bits per heavy atom. The van der Waals surface area contributed by atoms with Gasteiger partial charge in [0.2, 0.25) is 0 Å². The third-order valence-corrected chi connectivity index (χ3v) is 2.67. The van der Waals surface area contributed by atoms with Gasteiger partial charge in [-0.1, -0.05) is 42.5 Å². The predicted molar refractivity (Wildman–Crippen MR) is 63.3 cm³/mol. The van der Waals surface area contributed by atoms with E-state index < -0.39 is 6.10 Å². The molecule has 18 heavy (non-hydrogen) atoms. The van der Waals surface area contributed by atoms with Crippen molar-refractivity contribution in [3.63, 3.8) is 0 Å². The molecule has 0 bridgehead atoms. The molecular weight excluding hydrogens is 221 g/mol. The van der Waals surface area contributed by atoms with Crippen LogP contribution >= 0.6 is 0 Å². The van der Waals surface area contributed by atoms with E-state index in [2.05, 4.69) is 4.99 Å². The van der Waals surface area contributed by atoms with Crippen molar-refractivity contribution in [2.75, 3.05) is 0 Å². The van der Waals surface area contributed by atoms with Crippen molar-refractivity contribution in [1.82, 2.24) is 0 Å². The molecule has 1 aliphatic rings. The van der Waals surface area contributed by atoms with Crippen molar-refractivity contribution in [2.45, 2.75) is 6.10 Å². The maximum absolute atomic E-state index is 11.9. The van der Waals surface area contributed by atoms with Crippen LogP contribution in [0.1, 0.15) is 11.7 Å². The zero-order valence-electron chi connectivity index (χ0n) is 10.0.